The molecule has 0 amide bonds. The van der Waals surface area contributed by atoms with Crippen molar-refractivity contribution in [2.45, 2.75) is 39.7 Å². The summed E-state index contributed by atoms with van der Waals surface area (Å²) in [6.07, 6.45) is 4.00. The van der Waals surface area contributed by atoms with Gasteiger partial charge in [0.2, 0.25) is 0 Å². The van der Waals surface area contributed by atoms with E-state index in [9.17, 15) is 10.1 Å². The van der Waals surface area contributed by atoms with Crippen LogP contribution >= 0.6 is 0 Å². The van der Waals surface area contributed by atoms with Crippen molar-refractivity contribution in [3.8, 4) is 0 Å². The van der Waals surface area contributed by atoms with E-state index in [-0.39, 0.29) is 10.6 Å². The average molecular weight is 291 g/mol. The SMILES string of the molecule is CCNc1ccc([N+](=O)[O-])cc1CN(CC)CC1CCC1. The minimum Gasteiger partial charge on any atom is -0.385 e. The molecule has 1 fully saturated rings. The Labute approximate surface area is 126 Å². The molecule has 0 heterocycles. The molecule has 1 aliphatic carbocycles. The normalized spacial score (nSPS) is 15.0. The third kappa shape index (κ3) is 4.17. The van der Waals surface area contributed by atoms with Crippen molar-refractivity contribution < 1.29 is 4.92 Å². The van der Waals surface area contributed by atoms with Crippen molar-refractivity contribution in [3.05, 3.63) is 33.9 Å². The summed E-state index contributed by atoms with van der Waals surface area (Å²) in [6, 6.07) is 5.11. The Hall–Kier alpha value is -1.62. The summed E-state index contributed by atoms with van der Waals surface area (Å²) in [7, 11) is 0. The molecule has 21 heavy (non-hydrogen) atoms. The van der Waals surface area contributed by atoms with E-state index in [1.165, 1.54) is 19.3 Å². The van der Waals surface area contributed by atoms with E-state index in [0.29, 0.717) is 0 Å². The number of nitrogens with one attached hydrogen (secondary N) is 1. The van der Waals surface area contributed by atoms with Crippen LogP contribution in [0.5, 0.6) is 0 Å². The van der Waals surface area contributed by atoms with E-state index in [1.54, 1.807) is 12.1 Å². The highest BCUT2D eigenvalue weighted by Crippen LogP contribution is 2.29. The molecule has 116 valence electrons. The number of non-ortho nitro benzene ring substituents is 1. The number of hydrogen-bond donors (Lipinski definition) is 1. The monoisotopic (exact) mass is 291 g/mol. The molecule has 1 saturated carbocycles. The van der Waals surface area contributed by atoms with Gasteiger partial charge >= 0.3 is 0 Å². The van der Waals surface area contributed by atoms with Gasteiger partial charge in [-0.3, -0.25) is 15.0 Å². The van der Waals surface area contributed by atoms with Gasteiger partial charge in [0.05, 0.1) is 4.92 Å². The Morgan fingerprint density at radius 2 is 2.14 bits per heavy atom. The molecule has 0 bridgehead atoms. The van der Waals surface area contributed by atoms with Crippen molar-refractivity contribution in [2.75, 3.05) is 25.0 Å². The number of rotatable bonds is 8. The van der Waals surface area contributed by atoms with Crippen LogP contribution in [0.25, 0.3) is 0 Å². The van der Waals surface area contributed by atoms with Crippen molar-refractivity contribution >= 4 is 11.4 Å². The standard InChI is InChI=1S/C16H25N3O2/c1-3-17-16-9-8-15(19(20)21)10-14(16)12-18(4-2)11-13-6-5-7-13/h8-10,13,17H,3-7,11-12H2,1-2H3. The van der Waals surface area contributed by atoms with Crippen LogP contribution in [0.4, 0.5) is 11.4 Å². The Morgan fingerprint density at radius 1 is 1.38 bits per heavy atom. The van der Waals surface area contributed by atoms with Crippen molar-refractivity contribution in [1.29, 1.82) is 0 Å². The van der Waals surface area contributed by atoms with Gasteiger partial charge in [-0.2, -0.15) is 0 Å². The van der Waals surface area contributed by atoms with Gasteiger partial charge in [-0.1, -0.05) is 13.3 Å². The van der Waals surface area contributed by atoms with Gasteiger partial charge in [-0.15, -0.1) is 0 Å². The van der Waals surface area contributed by atoms with Crippen LogP contribution in [0.15, 0.2) is 18.2 Å². The molecule has 0 spiro atoms. The minimum absolute atomic E-state index is 0.173. The van der Waals surface area contributed by atoms with Gasteiger partial charge in [0, 0.05) is 37.5 Å². The first kappa shape index (κ1) is 15.8. The fourth-order valence-electron chi connectivity index (χ4n) is 2.77. The number of benzene rings is 1. The van der Waals surface area contributed by atoms with E-state index in [1.807, 2.05) is 13.0 Å². The van der Waals surface area contributed by atoms with E-state index < -0.39 is 0 Å². The second kappa shape index (κ2) is 7.41. The largest absolute Gasteiger partial charge is 0.385 e. The first-order valence-corrected chi connectivity index (χ1v) is 7.87. The molecule has 5 nitrogen and oxygen atoms in total. The smallest absolute Gasteiger partial charge is 0.269 e. The van der Waals surface area contributed by atoms with E-state index in [2.05, 4.69) is 17.1 Å². The van der Waals surface area contributed by atoms with Crippen LogP contribution in [0.3, 0.4) is 0 Å². The summed E-state index contributed by atoms with van der Waals surface area (Å²) in [5.74, 6) is 0.811. The number of nitro groups is 1. The Bertz CT molecular complexity index is 486. The molecule has 0 radical (unpaired) electrons. The van der Waals surface area contributed by atoms with Crippen LogP contribution in [-0.4, -0.2) is 29.5 Å². The number of anilines is 1. The molecule has 1 N–H and O–H groups in total. The maximum atomic E-state index is 11.0. The van der Waals surface area contributed by atoms with E-state index in [0.717, 1.165) is 43.3 Å². The van der Waals surface area contributed by atoms with Crippen LogP contribution in [0, 0.1) is 16.0 Å². The number of nitrogens with zero attached hydrogens (tertiary/aromatic N) is 2. The first-order valence-electron chi connectivity index (χ1n) is 7.87. The zero-order valence-corrected chi connectivity index (χ0v) is 13.0. The highest BCUT2D eigenvalue weighted by molar-refractivity contribution is 5.56. The molecule has 2 rings (SSSR count). The summed E-state index contributed by atoms with van der Waals surface area (Å²) in [6.45, 7) is 7.87. The summed E-state index contributed by atoms with van der Waals surface area (Å²) in [4.78, 5) is 13.1. The Morgan fingerprint density at radius 3 is 2.67 bits per heavy atom. The van der Waals surface area contributed by atoms with Crippen LogP contribution < -0.4 is 5.32 Å². The second-order valence-electron chi connectivity index (χ2n) is 5.75. The lowest BCUT2D eigenvalue weighted by Crippen LogP contribution is -2.32. The molecule has 5 heteroatoms. The zero-order valence-electron chi connectivity index (χ0n) is 13.0. The Kier molecular flexibility index (Phi) is 5.56. The lowest BCUT2D eigenvalue weighted by molar-refractivity contribution is -0.384. The third-order valence-electron chi connectivity index (χ3n) is 4.25. The average Bonchev–Trinajstić information content (AvgIpc) is 2.43. The minimum atomic E-state index is -0.318. The van der Waals surface area contributed by atoms with Crippen molar-refractivity contribution in [3.63, 3.8) is 0 Å². The second-order valence-corrected chi connectivity index (χ2v) is 5.75. The molecule has 0 aliphatic heterocycles. The quantitative estimate of drug-likeness (QED) is 0.586. The van der Waals surface area contributed by atoms with E-state index in [4.69, 9.17) is 0 Å². The summed E-state index contributed by atoms with van der Waals surface area (Å²) in [5.41, 5.74) is 2.20. The lowest BCUT2D eigenvalue weighted by atomic mass is 9.85. The van der Waals surface area contributed by atoms with E-state index >= 15 is 0 Å². The summed E-state index contributed by atoms with van der Waals surface area (Å²) in [5, 5.41) is 14.3. The van der Waals surface area contributed by atoms with Gasteiger partial charge in [-0.25, -0.2) is 0 Å². The van der Waals surface area contributed by atoms with Crippen LogP contribution in [0.1, 0.15) is 38.7 Å². The molecular formula is C16H25N3O2. The zero-order chi connectivity index (χ0) is 15.2. The molecule has 1 aromatic carbocycles. The predicted molar refractivity (Wildman–Crippen MR) is 85.6 cm³/mol. The van der Waals surface area contributed by atoms with Gasteiger partial charge in [-0.05, 0) is 43.9 Å². The molecule has 0 aromatic heterocycles. The molecular weight excluding hydrogens is 266 g/mol. The Balaban J connectivity index is 2.13. The maximum Gasteiger partial charge on any atom is 0.269 e. The molecule has 0 unspecified atom stereocenters. The fraction of sp³-hybridized carbons (Fsp3) is 0.625. The topological polar surface area (TPSA) is 58.4 Å². The number of hydrogen-bond acceptors (Lipinski definition) is 4. The van der Waals surface area contributed by atoms with Gasteiger partial charge in [0.15, 0.2) is 0 Å². The predicted octanol–water partition coefficient (Wildman–Crippen LogP) is 3.65. The molecule has 1 aromatic rings. The van der Waals surface area contributed by atoms with Crippen LogP contribution in [-0.2, 0) is 6.54 Å². The highest BCUT2D eigenvalue weighted by Gasteiger charge is 2.21. The lowest BCUT2D eigenvalue weighted by Gasteiger charge is -2.32. The number of nitro benzene ring substituents is 1. The van der Waals surface area contributed by atoms with Crippen molar-refractivity contribution in [2.24, 2.45) is 5.92 Å². The fourth-order valence-corrected chi connectivity index (χ4v) is 2.77. The van der Waals surface area contributed by atoms with Gasteiger partial charge in [0.1, 0.15) is 0 Å². The van der Waals surface area contributed by atoms with Gasteiger partial charge < -0.3 is 5.32 Å². The van der Waals surface area contributed by atoms with Gasteiger partial charge in [0.25, 0.3) is 5.69 Å². The summed E-state index contributed by atoms with van der Waals surface area (Å²) >= 11 is 0. The molecule has 0 atom stereocenters. The third-order valence-corrected chi connectivity index (χ3v) is 4.25. The van der Waals surface area contributed by atoms with Crippen LogP contribution in [0.2, 0.25) is 0 Å². The maximum absolute atomic E-state index is 11.0. The molecule has 1 aliphatic rings. The summed E-state index contributed by atoms with van der Waals surface area (Å²) < 4.78 is 0. The first-order chi connectivity index (χ1) is 10.1. The highest BCUT2D eigenvalue weighted by atomic mass is 16.6. The molecule has 0 saturated heterocycles. The van der Waals surface area contributed by atoms with Crippen molar-refractivity contribution in [1.82, 2.24) is 4.90 Å².